The number of non-ortho nitro benzene ring substituents is 1. The number of nitro benzene ring substituents is 1. The maximum Gasteiger partial charge on any atom is 0.270 e. The number of methoxy groups -OCH3 is 3. The fraction of sp³-hybridized carbons (Fsp3) is 0.115. The maximum absolute atomic E-state index is 12.6. The second-order valence-corrected chi connectivity index (χ2v) is 7.56. The molecule has 4 aromatic rings. The highest BCUT2D eigenvalue weighted by Crippen LogP contribution is 2.41. The standard InChI is InChI=1S/C26H22N4O7/c1-34-21-14-17(15-22(35-2)24(21)36-3)25-28-26(37-29-25)19-9-4-5-10-20(19)27-23(31)12-11-16-7-6-8-18(13-16)30(32)33/h4-15H,1-3H3,(H,27,31)/b12-11+. The molecule has 188 valence electrons. The number of benzene rings is 3. The largest absolute Gasteiger partial charge is 0.493 e. The van der Waals surface area contributed by atoms with E-state index in [1.54, 1.807) is 48.5 Å². The first-order valence-corrected chi connectivity index (χ1v) is 10.9. The summed E-state index contributed by atoms with van der Waals surface area (Å²) in [6, 6.07) is 16.3. The maximum atomic E-state index is 12.6. The Labute approximate surface area is 211 Å². The number of hydrogen-bond donors (Lipinski definition) is 1. The van der Waals surface area contributed by atoms with E-state index in [1.807, 2.05) is 0 Å². The summed E-state index contributed by atoms with van der Waals surface area (Å²) < 4.78 is 21.6. The molecule has 3 aromatic carbocycles. The van der Waals surface area contributed by atoms with E-state index < -0.39 is 10.8 Å². The molecule has 0 fully saturated rings. The van der Waals surface area contributed by atoms with Crippen molar-refractivity contribution in [2.24, 2.45) is 0 Å². The monoisotopic (exact) mass is 502 g/mol. The van der Waals surface area contributed by atoms with Gasteiger partial charge in [-0.1, -0.05) is 29.4 Å². The van der Waals surface area contributed by atoms with Gasteiger partial charge < -0.3 is 24.1 Å². The van der Waals surface area contributed by atoms with Crippen molar-refractivity contribution in [1.82, 2.24) is 10.1 Å². The first-order chi connectivity index (χ1) is 17.9. The summed E-state index contributed by atoms with van der Waals surface area (Å²) in [5.74, 6) is 1.33. The Bertz CT molecular complexity index is 1450. The van der Waals surface area contributed by atoms with Crippen LogP contribution in [0.2, 0.25) is 0 Å². The number of amides is 1. The minimum Gasteiger partial charge on any atom is -0.493 e. The quantitative estimate of drug-likeness (QED) is 0.190. The molecule has 0 saturated carbocycles. The molecule has 0 aliphatic heterocycles. The van der Waals surface area contributed by atoms with Crippen molar-refractivity contribution in [1.29, 1.82) is 0 Å². The van der Waals surface area contributed by atoms with Crippen LogP contribution in [0, 0.1) is 10.1 Å². The molecule has 0 radical (unpaired) electrons. The van der Waals surface area contributed by atoms with Crippen LogP contribution in [-0.4, -0.2) is 42.3 Å². The SMILES string of the molecule is COc1cc(-c2noc(-c3ccccc3NC(=O)/C=C/c3cccc([N+](=O)[O-])c3)n2)cc(OC)c1OC. The predicted octanol–water partition coefficient (Wildman–Crippen LogP) is 4.99. The molecule has 11 heteroatoms. The number of aromatic nitrogens is 2. The van der Waals surface area contributed by atoms with Gasteiger partial charge in [0.1, 0.15) is 0 Å². The summed E-state index contributed by atoms with van der Waals surface area (Å²) >= 11 is 0. The molecular weight excluding hydrogens is 480 g/mol. The molecule has 0 atom stereocenters. The van der Waals surface area contributed by atoms with Gasteiger partial charge in [-0.2, -0.15) is 4.98 Å². The number of nitro groups is 1. The predicted molar refractivity (Wildman–Crippen MR) is 136 cm³/mol. The number of anilines is 1. The summed E-state index contributed by atoms with van der Waals surface area (Å²) in [5, 5.41) is 17.8. The Kier molecular flexibility index (Phi) is 7.43. The highest BCUT2D eigenvalue weighted by atomic mass is 16.6. The zero-order valence-corrected chi connectivity index (χ0v) is 20.1. The fourth-order valence-corrected chi connectivity index (χ4v) is 3.53. The van der Waals surface area contributed by atoms with Crippen molar-refractivity contribution in [3.05, 3.63) is 82.4 Å². The van der Waals surface area contributed by atoms with Gasteiger partial charge in [0.15, 0.2) is 11.5 Å². The van der Waals surface area contributed by atoms with Gasteiger partial charge in [-0.15, -0.1) is 0 Å². The third-order valence-electron chi connectivity index (χ3n) is 5.27. The van der Waals surface area contributed by atoms with Crippen LogP contribution in [0.5, 0.6) is 17.2 Å². The summed E-state index contributed by atoms with van der Waals surface area (Å²) in [4.78, 5) is 27.5. The van der Waals surface area contributed by atoms with Gasteiger partial charge in [0.25, 0.3) is 11.6 Å². The number of hydrogen-bond acceptors (Lipinski definition) is 9. The molecule has 0 aliphatic rings. The zero-order valence-electron chi connectivity index (χ0n) is 20.1. The number of carbonyl (C=O) groups excluding carboxylic acids is 1. The van der Waals surface area contributed by atoms with Gasteiger partial charge in [0.05, 0.1) is 37.5 Å². The molecule has 1 heterocycles. The summed E-state index contributed by atoms with van der Waals surface area (Å²) in [6.45, 7) is 0. The van der Waals surface area contributed by atoms with Crippen molar-refractivity contribution in [2.45, 2.75) is 0 Å². The number of carbonyl (C=O) groups is 1. The normalized spacial score (nSPS) is 10.8. The minimum absolute atomic E-state index is 0.0628. The summed E-state index contributed by atoms with van der Waals surface area (Å²) in [5.41, 5.74) is 1.98. The lowest BCUT2D eigenvalue weighted by Crippen LogP contribution is -2.08. The number of nitrogens with one attached hydrogen (secondary N) is 1. The van der Waals surface area contributed by atoms with Crippen molar-refractivity contribution in [2.75, 3.05) is 26.6 Å². The van der Waals surface area contributed by atoms with Crippen LogP contribution in [0.1, 0.15) is 5.56 Å². The third-order valence-corrected chi connectivity index (χ3v) is 5.27. The smallest absolute Gasteiger partial charge is 0.270 e. The minimum atomic E-state index is -0.496. The molecule has 1 aromatic heterocycles. The highest BCUT2D eigenvalue weighted by molar-refractivity contribution is 6.03. The number of nitrogens with zero attached hydrogens (tertiary/aromatic N) is 3. The molecule has 11 nitrogen and oxygen atoms in total. The van der Waals surface area contributed by atoms with Crippen LogP contribution in [-0.2, 0) is 4.79 Å². The van der Waals surface area contributed by atoms with Gasteiger partial charge in [-0.3, -0.25) is 14.9 Å². The first-order valence-electron chi connectivity index (χ1n) is 10.9. The van der Waals surface area contributed by atoms with Gasteiger partial charge in [0, 0.05) is 23.8 Å². The van der Waals surface area contributed by atoms with Gasteiger partial charge in [-0.25, -0.2) is 0 Å². The fourth-order valence-electron chi connectivity index (χ4n) is 3.53. The molecule has 1 amide bonds. The van der Waals surface area contributed by atoms with Crippen molar-refractivity contribution in [3.63, 3.8) is 0 Å². The molecule has 0 spiro atoms. The van der Waals surface area contributed by atoms with Gasteiger partial charge >= 0.3 is 0 Å². The molecular formula is C26H22N4O7. The van der Waals surface area contributed by atoms with E-state index in [2.05, 4.69) is 15.5 Å². The first kappa shape index (κ1) is 24.9. The van der Waals surface area contributed by atoms with Gasteiger partial charge in [0.2, 0.25) is 17.5 Å². The number of para-hydroxylation sites is 1. The lowest BCUT2D eigenvalue weighted by atomic mass is 10.1. The summed E-state index contributed by atoms with van der Waals surface area (Å²) in [7, 11) is 4.53. The Hall–Kier alpha value is -5.19. The third kappa shape index (κ3) is 5.56. The van der Waals surface area contributed by atoms with E-state index in [4.69, 9.17) is 18.7 Å². The van der Waals surface area contributed by atoms with E-state index >= 15 is 0 Å². The lowest BCUT2D eigenvalue weighted by Gasteiger charge is -2.12. The number of rotatable bonds is 9. The molecule has 1 N–H and O–H groups in total. The van der Waals surface area contributed by atoms with Crippen LogP contribution in [0.4, 0.5) is 11.4 Å². The molecule has 0 unspecified atom stereocenters. The molecule has 37 heavy (non-hydrogen) atoms. The van der Waals surface area contributed by atoms with E-state index in [0.717, 1.165) is 0 Å². The molecule has 4 rings (SSSR count). The van der Waals surface area contributed by atoms with E-state index in [0.29, 0.717) is 39.6 Å². The Balaban J connectivity index is 1.58. The van der Waals surface area contributed by atoms with Crippen molar-refractivity contribution in [3.8, 4) is 40.1 Å². The van der Waals surface area contributed by atoms with E-state index in [9.17, 15) is 14.9 Å². The second-order valence-electron chi connectivity index (χ2n) is 7.56. The second kappa shape index (κ2) is 11.0. The number of ether oxygens (including phenoxy) is 3. The van der Waals surface area contributed by atoms with Crippen LogP contribution >= 0.6 is 0 Å². The molecule has 0 saturated heterocycles. The van der Waals surface area contributed by atoms with Crippen molar-refractivity contribution < 1.29 is 28.5 Å². The average molecular weight is 502 g/mol. The van der Waals surface area contributed by atoms with Crippen molar-refractivity contribution >= 4 is 23.4 Å². The zero-order chi connectivity index (χ0) is 26.4. The Morgan fingerprint density at radius 2 is 1.73 bits per heavy atom. The Morgan fingerprint density at radius 1 is 1.00 bits per heavy atom. The van der Waals surface area contributed by atoms with Crippen LogP contribution in [0.25, 0.3) is 28.9 Å². The molecule has 0 aliphatic carbocycles. The lowest BCUT2D eigenvalue weighted by molar-refractivity contribution is -0.384. The average Bonchev–Trinajstić information content (AvgIpc) is 3.41. The molecule has 0 bridgehead atoms. The van der Waals surface area contributed by atoms with E-state index in [-0.39, 0.29) is 17.4 Å². The summed E-state index contributed by atoms with van der Waals surface area (Å²) in [6.07, 6.45) is 2.77. The van der Waals surface area contributed by atoms with Crippen LogP contribution in [0.15, 0.2) is 71.3 Å². The van der Waals surface area contributed by atoms with Crippen LogP contribution in [0.3, 0.4) is 0 Å². The van der Waals surface area contributed by atoms with Crippen LogP contribution < -0.4 is 19.5 Å². The van der Waals surface area contributed by atoms with E-state index in [1.165, 1.54) is 45.6 Å². The highest BCUT2D eigenvalue weighted by Gasteiger charge is 2.19. The topological polar surface area (TPSA) is 139 Å². The Morgan fingerprint density at radius 3 is 2.41 bits per heavy atom. The van der Waals surface area contributed by atoms with Gasteiger partial charge in [-0.05, 0) is 35.9 Å².